The van der Waals surface area contributed by atoms with Crippen LogP contribution in [0.3, 0.4) is 0 Å². The number of halogens is 3. The van der Waals surface area contributed by atoms with Crippen LogP contribution in [0, 0.1) is 5.92 Å². The Balaban J connectivity index is 2.02. The van der Waals surface area contributed by atoms with Gasteiger partial charge in [-0.15, -0.1) is 10.2 Å². The molecule has 19 heavy (non-hydrogen) atoms. The molecule has 2 unspecified atom stereocenters. The van der Waals surface area contributed by atoms with E-state index in [0.29, 0.717) is 5.82 Å². The monoisotopic (exact) mass is 275 g/mol. The minimum absolute atomic E-state index is 0.0461. The number of rotatable bonds is 3. The van der Waals surface area contributed by atoms with Crippen molar-refractivity contribution in [2.24, 2.45) is 5.92 Å². The fourth-order valence-corrected chi connectivity index (χ4v) is 2.37. The number of aliphatic hydroxyl groups is 1. The maximum absolute atomic E-state index is 12.3. The van der Waals surface area contributed by atoms with Crippen LogP contribution in [0.5, 0.6) is 0 Å². The van der Waals surface area contributed by atoms with Gasteiger partial charge in [-0.05, 0) is 25.0 Å². The van der Waals surface area contributed by atoms with Crippen LogP contribution in [0.4, 0.5) is 19.0 Å². The van der Waals surface area contributed by atoms with Crippen molar-refractivity contribution in [3.05, 3.63) is 17.8 Å². The highest BCUT2D eigenvalue weighted by Gasteiger charge is 2.33. The summed E-state index contributed by atoms with van der Waals surface area (Å²) in [6.45, 7) is 0.0751. The number of hydrogen-bond donors (Lipinski definition) is 2. The molecule has 2 rings (SSSR count). The third-order valence-corrected chi connectivity index (χ3v) is 3.43. The summed E-state index contributed by atoms with van der Waals surface area (Å²) < 4.78 is 37.0. The fourth-order valence-electron chi connectivity index (χ4n) is 2.37. The predicted octanol–water partition coefficient (Wildman–Crippen LogP) is 2.46. The fraction of sp³-hybridized carbons (Fsp3) is 0.667. The van der Waals surface area contributed by atoms with E-state index < -0.39 is 11.9 Å². The molecule has 106 valence electrons. The first-order valence-electron chi connectivity index (χ1n) is 6.29. The van der Waals surface area contributed by atoms with Crippen molar-refractivity contribution in [1.29, 1.82) is 0 Å². The molecular formula is C12H16F3N3O. The quantitative estimate of drug-likeness (QED) is 0.889. The number of anilines is 1. The van der Waals surface area contributed by atoms with Crippen LogP contribution < -0.4 is 5.32 Å². The highest BCUT2D eigenvalue weighted by atomic mass is 19.4. The minimum atomic E-state index is -4.47. The van der Waals surface area contributed by atoms with E-state index in [1.54, 1.807) is 0 Å². The first kappa shape index (κ1) is 14.0. The van der Waals surface area contributed by atoms with Crippen molar-refractivity contribution in [2.45, 2.75) is 37.9 Å². The first-order valence-corrected chi connectivity index (χ1v) is 6.29. The Morgan fingerprint density at radius 2 is 1.95 bits per heavy atom. The molecule has 7 heteroatoms. The molecule has 0 aromatic carbocycles. The Morgan fingerprint density at radius 3 is 2.53 bits per heavy atom. The van der Waals surface area contributed by atoms with E-state index in [4.69, 9.17) is 0 Å². The molecule has 4 nitrogen and oxygen atoms in total. The molecule has 2 atom stereocenters. The van der Waals surface area contributed by atoms with Crippen molar-refractivity contribution in [3.63, 3.8) is 0 Å². The Bertz CT molecular complexity index is 408. The minimum Gasteiger partial charge on any atom is -0.396 e. The smallest absolute Gasteiger partial charge is 0.396 e. The largest absolute Gasteiger partial charge is 0.435 e. The molecule has 1 heterocycles. The topological polar surface area (TPSA) is 58.0 Å². The third kappa shape index (κ3) is 3.56. The lowest BCUT2D eigenvalue weighted by atomic mass is 9.85. The van der Waals surface area contributed by atoms with Gasteiger partial charge in [-0.2, -0.15) is 13.2 Å². The lowest BCUT2D eigenvalue weighted by Crippen LogP contribution is -2.34. The lowest BCUT2D eigenvalue weighted by molar-refractivity contribution is -0.141. The maximum Gasteiger partial charge on any atom is 0.435 e. The SMILES string of the molecule is OCC1CCCCC1Nc1ccc(C(F)(F)F)nn1. The zero-order chi connectivity index (χ0) is 13.9. The van der Waals surface area contributed by atoms with E-state index in [1.165, 1.54) is 6.07 Å². The first-order chi connectivity index (χ1) is 9.00. The molecule has 1 saturated carbocycles. The van der Waals surface area contributed by atoms with Gasteiger partial charge in [0.05, 0.1) is 0 Å². The summed E-state index contributed by atoms with van der Waals surface area (Å²) in [6.07, 6.45) is -0.551. The summed E-state index contributed by atoms with van der Waals surface area (Å²) in [6, 6.07) is 2.23. The number of alkyl halides is 3. The van der Waals surface area contributed by atoms with Gasteiger partial charge >= 0.3 is 6.18 Å². The summed E-state index contributed by atoms with van der Waals surface area (Å²) in [5.74, 6) is 0.441. The second-order valence-electron chi connectivity index (χ2n) is 4.78. The molecule has 1 aliphatic carbocycles. The van der Waals surface area contributed by atoms with E-state index in [1.807, 2.05) is 0 Å². The number of aromatic nitrogens is 2. The van der Waals surface area contributed by atoms with Gasteiger partial charge in [-0.3, -0.25) is 0 Å². The number of hydrogen-bond acceptors (Lipinski definition) is 4. The van der Waals surface area contributed by atoms with Crippen LogP contribution >= 0.6 is 0 Å². The summed E-state index contributed by atoms with van der Waals surface area (Å²) in [7, 11) is 0. The van der Waals surface area contributed by atoms with Crippen LogP contribution in [-0.2, 0) is 6.18 Å². The summed E-state index contributed by atoms with van der Waals surface area (Å²) in [5.41, 5.74) is -1.000. The van der Waals surface area contributed by atoms with Gasteiger partial charge < -0.3 is 10.4 Å². The standard InChI is InChI=1S/C12H16F3N3O/c13-12(14,15)10-5-6-11(18-17-10)16-9-4-2-1-3-8(9)7-19/h5-6,8-9,19H,1-4,7H2,(H,16,18). The highest BCUT2D eigenvalue weighted by molar-refractivity contribution is 5.35. The normalized spacial score (nSPS) is 24.2. The summed E-state index contributed by atoms with van der Waals surface area (Å²) in [4.78, 5) is 0. The molecule has 0 amide bonds. The number of aliphatic hydroxyl groups excluding tert-OH is 1. The van der Waals surface area contributed by atoms with Crippen molar-refractivity contribution in [2.75, 3.05) is 11.9 Å². The van der Waals surface area contributed by atoms with Gasteiger partial charge in [0.15, 0.2) is 5.69 Å². The molecule has 0 spiro atoms. The van der Waals surface area contributed by atoms with Crippen molar-refractivity contribution in [3.8, 4) is 0 Å². The van der Waals surface area contributed by atoms with E-state index in [0.717, 1.165) is 31.7 Å². The molecule has 0 bridgehead atoms. The van der Waals surface area contributed by atoms with Gasteiger partial charge in [0.2, 0.25) is 0 Å². The van der Waals surface area contributed by atoms with E-state index in [-0.39, 0.29) is 18.6 Å². The van der Waals surface area contributed by atoms with Crippen LogP contribution in [0.2, 0.25) is 0 Å². The zero-order valence-electron chi connectivity index (χ0n) is 10.3. The number of nitrogens with one attached hydrogen (secondary N) is 1. The van der Waals surface area contributed by atoms with Crippen molar-refractivity contribution >= 4 is 5.82 Å². The van der Waals surface area contributed by atoms with Gasteiger partial charge in [0.1, 0.15) is 5.82 Å². The van der Waals surface area contributed by atoms with Crippen LogP contribution in [0.1, 0.15) is 31.4 Å². The van der Waals surface area contributed by atoms with E-state index in [2.05, 4.69) is 15.5 Å². The maximum atomic E-state index is 12.3. The highest BCUT2D eigenvalue weighted by Crippen LogP contribution is 2.29. The average molecular weight is 275 g/mol. The Kier molecular flexibility index (Phi) is 4.24. The Hall–Kier alpha value is -1.37. The van der Waals surface area contributed by atoms with E-state index in [9.17, 15) is 18.3 Å². The molecule has 0 aliphatic heterocycles. The molecular weight excluding hydrogens is 259 g/mol. The molecule has 1 aromatic heterocycles. The third-order valence-electron chi connectivity index (χ3n) is 3.43. The molecule has 0 radical (unpaired) electrons. The molecule has 2 N–H and O–H groups in total. The summed E-state index contributed by atoms with van der Waals surface area (Å²) in [5, 5.41) is 19.0. The van der Waals surface area contributed by atoms with Crippen molar-refractivity contribution < 1.29 is 18.3 Å². The molecule has 1 fully saturated rings. The number of nitrogens with zero attached hydrogens (tertiary/aromatic N) is 2. The Labute approximate surface area is 109 Å². The predicted molar refractivity (Wildman–Crippen MR) is 63.5 cm³/mol. The van der Waals surface area contributed by atoms with Gasteiger partial charge in [0, 0.05) is 18.6 Å². The van der Waals surface area contributed by atoms with E-state index >= 15 is 0 Å². The molecule has 0 saturated heterocycles. The molecule has 1 aliphatic rings. The average Bonchev–Trinajstić information content (AvgIpc) is 2.39. The molecule has 1 aromatic rings. The second-order valence-corrected chi connectivity index (χ2v) is 4.78. The van der Waals surface area contributed by atoms with Crippen molar-refractivity contribution in [1.82, 2.24) is 10.2 Å². The van der Waals surface area contributed by atoms with Crippen LogP contribution in [0.15, 0.2) is 12.1 Å². The zero-order valence-corrected chi connectivity index (χ0v) is 10.3. The van der Waals surface area contributed by atoms with Gasteiger partial charge in [0.25, 0.3) is 0 Å². The second kappa shape index (κ2) is 5.73. The Morgan fingerprint density at radius 1 is 1.21 bits per heavy atom. The van der Waals surface area contributed by atoms with Crippen LogP contribution in [0.25, 0.3) is 0 Å². The van der Waals surface area contributed by atoms with Crippen LogP contribution in [-0.4, -0.2) is 28.0 Å². The van der Waals surface area contributed by atoms with Gasteiger partial charge in [-0.1, -0.05) is 12.8 Å². The van der Waals surface area contributed by atoms with Gasteiger partial charge in [-0.25, -0.2) is 0 Å². The lowest BCUT2D eigenvalue weighted by Gasteiger charge is -2.31. The summed E-state index contributed by atoms with van der Waals surface area (Å²) >= 11 is 0.